The fourth-order valence-corrected chi connectivity index (χ4v) is 2.62. The van der Waals surface area contributed by atoms with Crippen LogP contribution >= 0.6 is 0 Å². The van der Waals surface area contributed by atoms with Gasteiger partial charge in [-0.05, 0) is 37.1 Å². The Kier molecular flexibility index (Phi) is 3.70. The summed E-state index contributed by atoms with van der Waals surface area (Å²) >= 11 is 0. The molecule has 1 aliphatic carbocycles. The van der Waals surface area contributed by atoms with Crippen molar-refractivity contribution in [1.82, 2.24) is 15.5 Å². The molecule has 1 saturated carbocycles. The molecule has 0 radical (unpaired) electrons. The quantitative estimate of drug-likeness (QED) is 0.894. The molecule has 0 unspecified atom stereocenters. The highest BCUT2D eigenvalue weighted by Crippen LogP contribution is 2.28. The van der Waals surface area contributed by atoms with Crippen molar-refractivity contribution in [3.05, 3.63) is 36.2 Å². The number of aliphatic hydroxyl groups is 1. The number of rotatable bonds is 4. The topological polar surface area (TPSA) is 88.2 Å². The molecular weight excluding hydrogens is 270 g/mol. The average Bonchev–Trinajstić information content (AvgIpc) is 3.17. The normalized spacial score (nSPS) is 16.8. The maximum Gasteiger partial charge on any atom is 0.251 e. The van der Waals surface area contributed by atoms with Crippen LogP contribution in [-0.2, 0) is 0 Å². The first-order valence-corrected chi connectivity index (χ1v) is 7.03. The van der Waals surface area contributed by atoms with Gasteiger partial charge in [-0.1, -0.05) is 12.8 Å². The standard InChI is InChI=1S/C15H17N3O3/c19-13(16-9-15(20)7-1-2-8-15)11-3-5-12(6-4-11)14-18-17-10-21-14/h3-6,10,20H,1-2,7-9H2,(H,16,19). The van der Waals surface area contributed by atoms with Crippen LogP contribution < -0.4 is 5.32 Å². The van der Waals surface area contributed by atoms with Crippen molar-refractivity contribution < 1.29 is 14.3 Å². The number of amides is 1. The fourth-order valence-electron chi connectivity index (χ4n) is 2.62. The summed E-state index contributed by atoms with van der Waals surface area (Å²) in [7, 11) is 0. The first-order valence-electron chi connectivity index (χ1n) is 7.03. The molecule has 0 aliphatic heterocycles. The van der Waals surface area contributed by atoms with Crippen LogP contribution in [0.5, 0.6) is 0 Å². The van der Waals surface area contributed by atoms with Gasteiger partial charge in [0.25, 0.3) is 5.91 Å². The van der Waals surface area contributed by atoms with Gasteiger partial charge in [0, 0.05) is 17.7 Å². The van der Waals surface area contributed by atoms with E-state index < -0.39 is 5.60 Å². The van der Waals surface area contributed by atoms with E-state index in [4.69, 9.17) is 4.42 Å². The van der Waals surface area contributed by atoms with Crippen molar-refractivity contribution in [2.45, 2.75) is 31.3 Å². The maximum absolute atomic E-state index is 12.1. The zero-order chi connectivity index (χ0) is 14.7. The van der Waals surface area contributed by atoms with E-state index >= 15 is 0 Å². The van der Waals surface area contributed by atoms with E-state index in [2.05, 4.69) is 15.5 Å². The van der Waals surface area contributed by atoms with Crippen LogP contribution in [0.15, 0.2) is 35.1 Å². The molecule has 1 amide bonds. The van der Waals surface area contributed by atoms with Gasteiger partial charge in [0.05, 0.1) is 5.60 Å². The Morgan fingerprint density at radius 3 is 2.62 bits per heavy atom. The molecule has 1 aromatic carbocycles. The Morgan fingerprint density at radius 1 is 1.29 bits per heavy atom. The summed E-state index contributed by atoms with van der Waals surface area (Å²) in [4.78, 5) is 12.1. The Balaban J connectivity index is 1.62. The lowest BCUT2D eigenvalue weighted by molar-refractivity contribution is 0.0449. The summed E-state index contributed by atoms with van der Waals surface area (Å²) in [5.41, 5.74) is 0.567. The molecule has 1 aromatic heterocycles. The van der Waals surface area contributed by atoms with Crippen molar-refractivity contribution in [2.75, 3.05) is 6.54 Å². The summed E-state index contributed by atoms with van der Waals surface area (Å²) in [6, 6.07) is 6.92. The van der Waals surface area contributed by atoms with Gasteiger partial charge in [0.1, 0.15) is 0 Å². The van der Waals surface area contributed by atoms with E-state index in [1.165, 1.54) is 6.39 Å². The van der Waals surface area contributed by atoms with E-state index in [-0.39, 0.29) is 5.91 Å². The molecule has 6 nitrogen and oxygen atoms in total. The Hall–Kier alpha value is -2.21. The Labute approximate surface area is 122 Å². The molecule has 0 atom stereocenters. The minimum Gasteiger partial charge on any atom is -0.423 e. The van der Waals surface area contributed by atoms with Crippen molar-refractivity contribution >= 4 is 5.91 Å². The zero-order valence-electron chi connectivity index (χ0n) is 11.6. The third-order valence-corrected chi connectivity index (χ3v) is 3.87. The van der Waals surface area contributed by atoms with Crippen LogP contribution in [0, 0.1) is 0 Å². The maximum atomic E-state index is 12.1. The molecule has 6 heteroatoms. The summed E-state index contributed by atoms with van der Waals surface area (Å²) in [6.45, 7) is 0.303. The number of carbonyl (C=O) groups is 1. The fraction of sp³-hybridized carbons (Fsp3) is 0.400. The van der Waals surface area contributed by atoms with E-state index in [9.17, 15) is 9.90 Å². The third-order valence-electron chi connectivity index (χ3n) is 3.87. The first kappa shape index (κ1) is 13.8. The highest BCUT2D eigenvalue weighted by Gasteiger charge is 2.31. The van der Waals surface area contributed by atoms with E-state index in [0.29, 0.717) is 18.0 Å². The molecule has 3 rings (SSSR count). The summed E-state index contributed by atoms with van der Waals surface area (Å²) in [6.07, 6.45) is 4.81. The lowest BCUT2D eigenvalue weighted by Gasteiger charge is -2.22. The third kappa shape index (κ3) is 3.11. The Bertz CT molecular complexity index is 602. The minimum atomic E-state index is -0.737. The largest absolute Gasteiger partial charge is 0.423 e. The molecule has 21 heavy (non-hydrogen) atoms. The molecule has 2 aromatic rings. The summed E-state index contributed by atoms with van der Waals surface area (Å²) in [5.74, 6) is 0.231. The molecule has 1 fully saturated rings. The van der Waals surface area contributed by atoms with E-state index in [1.54, 1.807) is 24.3 Å². The van der Waals surface area contributed by atoms with E-state index in [0.717, 1.165) is 31.2 Å². The van der Waals surface area contributed by atoms with Crippen LogP contribution in [0.4, 0.5) is 0 Å². The number of carbonyl (C=O) groups excluding carboxylic acids is 1. The zero-order valence-corrected chi connectivity index (χ0v) is 11.6. The van der Waals surface area contributed by atoms with Gasteiger partial charge in [0.2, 0.25) is 12.3 Å². The van der Waals surface area contributed by atoms with Crippen LogP contribution in [0.2, 0.25) is 0 Å². The summed E-state index contributed by atoms with van der Waals surface area (Å²) < 4.78 is 5.09. The average molecular weight is 287 g/mol. The highest BCUT2D eigenvalue weighted by atomic mass is 16.4. The molecule has 1 heterocycles. The second-order valence-corrected chi connectivity index (χ2v) is 5.44. The predicted molar refractivity (Wildman–Crippen MR) is 75.5 cm³/mol. The molecule has 0 spiro atoms. The number of nitrogens with one attached hydrogen (secondary N) is 1. The number of hydrogen-bond acceptors (Lipinski definition) is 5. The van der Waals surface area contributed by atoms with Gasteiger partial charge < -0.3 is 14.8 Å². The monoisotopic (exact) mass is 287 g/mol. The van der Waals surface area contributed by atoms with Gasteiger partial charge >= 0.3 is 0 Å². The van der Waals surface area contributed by atoms with E-state index in [1.807, 2.05) is 0 Å². The van der Waals surface area contributed by atoms with Gasteiger partial charge in [-0.15, -0.1) is 10.2 Å². The lowest BCUT2D eigenvalue weighted by atomic mass is 10.0. The molecule has 2 N–H and O–H groups in total. The van der Waals surface area contributed by atoms with Crippen molar-refractivity contribution in [3.63, 3.8) is 0 Å². The van der Waals surface area contributed by atoms with Gasteiger partial charge in [-0.3, -0.25) is 4.79 Å². The number of aromatic nitrogens is 2. The van der Waals surface area contributed by atoms with Gasteiger partial charge in [-0.25, -0.2) is 0 Å². The first-order chi connectivity index (χ1) is 10.2. The second kappa shape index (κ2) is 5.65. The van der Waals surface area contributed by atoms with Gasteiger partial charge in [0.15, 0.2) is 0 Å². The second-order valence-electron chi connectivity index (χ2n) is 5.44. The summed E-state index contributed by atoms with van der Waals surface area (Å²) in [5, 5.41) is 20.4. The lowest BCUT2D eigenvalue weighted by Crippen LogP contribution is -2.40. The molecule has 0 saturated heterocycles. The van der Waals surface area contributed by atoms with Crippen molar-refractivity contribution in [2.24, 2.45) is 0 Å². The molecule has 0 bridgehead atoms. The number of benzene rings is 1. The van der Waals surface area contributed by atoms with Crippen molar-refractivity contribution in [3.8, 4) is 11.5 Å². The molecule has 1 aliphatic rings. The molecular formula is C15H17N3O3. The SMILES string of the molecule is O=C(NCC1(O)CCCC1)c1ccc(-c2nnco2)cc1. The number of hydrogen-bond donors (Lipinski definition) is 2. The van der Waals surface area contributed by atoms with Crippen molar-refractivity contribution in [1.29, 1.82) is 0 Å². The highest BCUT2D eigenvalue weighted by molar-refractivity contribution is 5.94. The smallest absolute Gasteiger partial charge is 0.251 e. The predicted octanol–water partition coefficient (Wildman–Crippen LogP) is 1.77. The van der Waals surface area contributed by atoms with Gasteiger partial charge in [-0.2, -0.15) is 0 Å². The molecule has 110 valence electrons. The van der Waals surface area contributed by atoms with Crippen LogP contribution in [0.25, 0.3) is 11.5 Å². The Morgan fingerprint density at radius 2 is 2.00 bits per heavy atom. The minimum absolute atomic E-state index is 0.188. The number of nitrogens with zero attached hydrogens (tertiary/aromatic N) is 2. The van der Waals surface area contributed by atoms with Crippen LogP contribution in [0.3, 0.4) is 0 Å². The van der Waals surface area contributed by atoms with Crippen LogP contribution in [-0.4, -0.2) is 33.4 Å². The van der Waals surface area contributed by atoms with Crippen LogP contribution in [0.1, 0.15) is 36.0 Å².